The van der Waals surface area contributed by atoms with Crippen LogP contribution in [-0.2, 0) is 12.8 Å². The summed E-state index contributed by atoms with van der Waals surface area (Å²) >= 11 is 6.09. The van der Waals surface area contributed by atoms with Gasteiger partial charge in [-0.15, -0.1) is 0 Å². The zero-order valence-corrected chi connectivity index (χ0v) is 13.7. The summed E-state index contributed by atoms with van der Waals surface area (Å²) in [5, 5.41) is 4.47. The first-order valence-electron chi connectivity index (χ1n) is 7.70. The molecule has 0 aromatic heterocycles. The molecule has 1 N–H and O–H groups in total. The smallest absolute Gasteiger partial charge is 0.0408 e. The summed E-state index contributed by atoms with van der Waals surface area (Å²) < 4.78 is 0. The minimum absolute atomic E-state index is 0.450. The van der Waals surface area contributed by atoms with Gasteiger partial charge in [0.15, 0.2) is 0 Å². The SMILES string of the molecule is CCCNC(Cc1ccc(C)cc1)Cc1cccc(Cl)c1. The molecule has 0 saturated heterocycles. The Morgan fingerprint density at radius 2 is 1.71 bits per heavy atom. The van der Waals surface area contributed by atoms with Crippen LogP contribution in [0.25, 0.3) is 0 Å². The molecule has 2 rings (SSSR count). The van der Waals surface area contributed by atoms with Crippen molar-refractivity contribution in [2.75, 3.05) is 6.54 Å². The molecule has 0 heterocycles. The molecule has 0 spiro atoms. The van der Waals surface area contributed by atoms with E-state index < -0.39 is 0 Å². The minimum atomic E-state index is 0.450. The summed E-state index contributed by atoms with van der Waals surface area (Å²) in [5.41, 5.74) is 3.99. The van der Waals surface area contributed by atoms with Gasteiger partial charge in [-0.25, -0.2) is 0 Å². The fraction of sp³-hybridized carbons (Fsp3) is 0.368. The lowest BCUT2D eigenvalue weighted by Crippen LogP contribution is -2.33. The van der Waals surface area contributed by atoms with E-state index in [1.54, 1.807) is 0 Å². The number of aryl methyl sites for hydroxylation is 1. The summed E-state index contributed by atoms with van der Waals surface area (Å²) in [6.07, 6.45) is 3.21. The largest absolute Gasteiger partial charge is 0.313 e. The molecule has 0 amide bonds. The Balaban J connectivity index is 2.04. The van der Waals surface area contributed by atoms with Crippen LogP contribution in [0, 0.1) is 6.92 Å². The third-order valence-corrected chi connectivity index (χ3v) is 3.89. The molecule has 112 valence electrons. The van der Waals surface area contributed by atoms with Crippen molar-refractivity contribution < 1.29 is 0 Å². The fourth-order valence-electron chi connectivity index (χ4n) is 2.52. The molecule has 1 nitrogen and oxygen atoms in total. The number of halogens is 1. The van der Waals surface area contributed by atoms with Gasteiger partial charge in [0, 0.05) is 11.1 Å². The van der Waals surface area contributed by atoms with Crippen LogP contribution < -0.4 is 5.32 Å². The van der Waals surface area contributed by atoms with Crippen molar-refractivity contribution in [1.29, 1.82) is 0 Å². The van der Waals surface area contributed by atoms with Crippen LogP contribution in [0.1, 0.15) is 30.0 Å². The topological polar surface area (TPSA) is 12.0 Å². The molecule has 2 aromatic rings. The van der Waals surface area contributed by atoms with Crippen LogP contribution in [0.15, 0.2) is 48.5 Å². The van der Waals surface area contributed by atoms with Gasteiger partial charge in [0.05, 0.1) is 0 Å². The number of hydrogen-bond donors (Lipinski definition) is 1. The van der Waals surface area contributed by atoms with E-state index >= 15 is 0 Å². The van der Waals surface area contributed by atoms with E-state index in [0.29, 0.717) is 6.04 Å². The Kier molecular flexibility index (Phi) is 6.28. The predicted molar refractivity (Wildman–Crippen MR) is 92.1 cm³/mol. The van der Waals surface area contributed by atoms with Gasteiger partial charge in [0.2, 0.25) is 0 Å². The van der Waals surface area contributed by atoms with Gasteiger partial charge in [-0.2, -0.15) is 0 Å². The molecule has 0 aliphatic rings. The third kappa shape index (κ3) is 5.53. The second-order valence-electron chi connectivity index (χ2n) is 5.67. The van der Waals surface area contributed by atoms with E-state index in [1.807, 2.05) is 12.1 Å². The maximum Gasteiger partial charge on any atom is 0.0408 e. The molecular weight excluding hydrogens is 278 g/mol. The first-order chi connectivity index (χ1) is 10.2. The molecule has 2 aromatic carbocycles. The first-order valence-corrected chi connectivity index (χ1v) is 8.08. The van der Waals surface area contributed by atoms with Gasteiger partial charge in [0.25, 0.3) is 0 Å². The number of rotatable bonds is 7. The Bertz CT molecular complexity index is 548. The van der Waals surface area contributed by atoms with Crippen molar-refractivity contribution in [2.24, 2.45) is 0 Å². The van der Waals surface area contributed by atoms with Crippen LogP contribution in [0.4, 0.5) is 0 Å². The van der Waals surface area contributed by atoms with Crippen molar-refractivity contribution in [3.8, 4) is 0 Å². The standard InChI is InChI=1S/C19H24ClN/c1-3-11-21-19(13-16-9-7-15(2)8-10-16)14-17-5-4-6-18(20)12-17/h4-10,12,19,21H,3,11,13-14H2,1-2H3. The maximum absolute atomic E-state index is 6.09. The van der Waals surface area contributed by atoms with Crippen LogP contribution in [0.3, 0.4) is 0 Å². The average molecular weight is 302 g/mol. The van der Waals surface area contributed by atoms with Crippen LogP contribution in [-0.4, -0.2) is 12.6 Å². The van der Waals surface area contributed by atoms with Crippen molar-refractivity contribution in [2.45, 2.75) is 39.2 Å². The van der Waals surface area contributed by atoms with Gasteiger partial charge in [0.1, 0.15) is 0 Å². The number of benzene rings is 2. The van der Waals surface area contributed by atoms with E-state index in [1.165, 1.54) is 16.7 Å². The molecule has 0 aliphatic carbocycles. The highest BCUT2D eigenvalue weighted by atomic mass is 35.5. The molecule has 0 radical (unpaired) electrons. The summed E-state index contributed by atoms with van der Waals surface area (Å²) in [6, 6.07) is 17.5. The molecular formula is C19H24ClN. The Morgan fingerprint density at radius 1 is 1.00 bits per heavy atom. The molecule has 0 saturated carbocycles. The van der Waals surface area contributed by atoms with Crippen molar-refractivity contribution in [3.63, 3.8) is 0 Å². The minimum Gasteiger partial charge on any atom is -0.313 e. The van der Waals surface area contributed by atoms with E-state index in [2.05, 4.69) is 55.6 Å². The lowest BCUT2D eigenvalue weighted by Gasteiger charge is -2.19. The van der Waals surface area contributed by atoms with E-state index in [4.69, 9.17) is 11.6 Å². The highest BCUT2D eigenvalue weighted by molar-refractivity contribution is 6.30. The highest BCUT2D eigenvalue weighted by Gasteiger charge is 2.10. The molecule has 1 atom stereocenters. The maximum atomic E-state index is 6.09. The van der Waals surface area contributed by atoms with Gasteiger partial charge in [-0.05, 0) is 56.0 Å². The lowest BCUT2D eigenvalue weighted by atomic mass is 9.98. The van der Waals surface area contributed by atoms with Gasteiger partial charge in [-0.3, -0.25) is 0 Å². The fourth-order valence-corrected chi connectivity index (χ4v) is 2.73. The van der Waals surface area contributed by atoms with E-state index in [-0.39, 0.29) is 0 Å². The third-order valence-electron chi connectivity index (χ3n) is 3.66. The zero-order chi connectivity index (χ0) is 15.1. The molecule has 0 fully saturated rings. The van der Waals surface area contributed by atoms with Crippen molar-refractivity contribution in [3.05, 3.63) is 70.2 Å². The Hall–Kier alpha value is -1.31. The van der Waals surface area contributed by atoms with Gasteiger partial charge >= 0.3 is 0 Å². The lowest BCUT2D eigenvalue weighted by molar-refractivity contribution is 0.505. The quantitative estimate of drug-likeness (QED) is 0.774. The van der Waals surface area contributed by atoms with Crippen LogP contribution in [0.5, 0.6) is 0 Å². The predicted octanol–water partition coefficient (Wildman–Crippen LogP) is 4.80. The highest BCUT2D eigenvalue weighted by Crippen LogP contribution is 2.14. The summed E-state index contributed by atoms with van der Waals surface area (Å²) in [4.78, 5) is 0. The summed E-state index contributed by atoms with van der Waals surface area (Å²) in [6.45, 7) is 5.38. The number of nitrogens with one attached hydrogen (secondary N) is 1. The zero-order valence-electron chi connectivity index (χ0n) is 12.9. The second kappa shape index (κ2) is 8.21. The Labute approximate surface area is 133 Å². The molecule has 21 heavy (non-hydrogen) atoms. The average Bonchev–Trinajstić information content (AvgIpc) is 2.47. The van der Waals surface area contributed by atoms with E-state index in [9.17, 15) is 0 Å². The van der Waals surface area contributed by atoms with Crippen LogP contribution >= 0.6 is 11.6 Å². The van der Waals surface area contributed by atoms with E-state index in [0.717, 1.165) is 30.8 Å². The molecule has 2 heteroatoms. The summed E-state index contributed by atoms with van der Waals surface area (Å²) in [7, 11) is 0. The molecule has 0 aliphatic heterocycles. The second-order valence-corrected chi connectivity index (χ2v) is 6.11. The van der Waals surface area contributed by atoms with Crippen molar-refractivity contribution in [1.82, 2.24) is 5.32 Å². The molecule has 1 unspecified atom stereocenters. The Morgan fingerprint density at radius 3 is 2.38 bits per heavy atom. The normalized spacial score (nSPS) is 12.3. The van der Waals surface area contributed by atoms with Gasteiger partial charge in [-0.1, -0.05) is 60.5 Å². The van der Waals surface area contributed by atoms with Crippen LogP contribution in [0.2, 0.25) is 5.02 Å². The van der Waals surface area contributed by atoms with Crippen molar-refractivity contribution >= 4 is 11.6 Å². The monoisotopic (exact) mass is 301 g/mol. The van der Waals surface area contributed by atoms with Gasteiger partial charge < -0.3 is 5.32 Å². The summed E-state index contributed by atoms with van der Waals surface area (Å²) in [5.74, 6) is 0. The first kappa shape index (κ1) is 16.1. The molecule has 0 bridgehead atoms. The number of hydrogen-bond acceptors (Lipinski definition) is 1.